The Morgan fingerprint density at radius 3 is 2.67 bits per heavy atom. The van der Waals surface area contributed by atoms with Gasteiger partial charge in [0.2, 0.25) is 5.91 Å². The van der Waals surface area contributed by atoms with Crippen molar-refractivity contribution in [1.29, 1.82) is 0 Å². The van der Waals surface area contributed by atoms with Gasteiger partial charge in [0.25, 0.3) is 0 Å². The molecule has 1 amide bonds. The van der Waals surface area contributed by atoms with Crippen LogP contribution in [0.1, 0.15) is 25.7 Å². The van der Waals surface area contributed by atoms with Crippen molar-refractivity contribution < 1.29 is 4.79 Å². The van der Waals surface area contributed by atoms with Crippen molar-refractivity contribution in [2.45, 2.75) is 25.7 Å². The topological polar surface area (TPSA) is 47.6 Å². The first-order chi connectivity index (χ1) is 11.8. The van der Waals surface area contributed by atoms with Gasteiger partial charge in [0.05, 0.1) is 0 Å². The largest absolute Gasteiger partial charge is 0.369 e. The molecule has 0 radical (unpaired) electrons. The third-order valence-corrected chi connectivity index (χ3v) is 4.95. The van der Waals surface area contributed by atoms with Crippen LogP contribution in [0.4, 0.5) is 11.4 Å². The maximum absolute atomic E-state index is 11.9. The van der Waals surface area contributed by atoms with Gasteiger partial charge in [0, 0.05) is 43.5 Å². The van der Waals surface area contributed by atoms with Gasteiger partial charge >= 0.3 is 0 Å². The van der Waals surface area contributed by atoms with E-state index < -0.39 is 0 Å². The van der Waals surface area contributed by atoms with Gasteiger partial charge in [-0.25, -0.2) is 0 Å². The summed E-state index contributed by atoms with van der Waals surface area (Å²) in [6.07, 6.45) is 4.60. The molecule has 1 aromatic rings. The lowest BCUT2D eigenvalue weighted by atomic mass is 10.2. The zero-order valence-electron chi connectivity index (χ0n) is 14.8. The summed E-state index contributed by atoms with van der Waals surface area (Å²) < 4.78 is 0. The zero-order valence-corrected chi connectivity index (χ0v) is 14.8. The van der Waals surface area contributed by atoms with E-state index in [1.807, 2.05) is 19.2 Å². The highest BCUT2D eigenvalue weighted by atomic mass is 16.2. The number of benzene rings is 1. The molecule has 2 fully saturated rings. The van der Waals surface area contributed by atoms with Crippen molar-refractivity contribution in [3.05, 3.63) is 24.3 Å². The molecule has 3 rings (SSSR count). The van der Waals surface area contributed by atoms with E-state index in [0.717, 1.165) is 51.3 Å². The lowest BCUT2D eigenvalue weighted by molar-refractivity contribution is -0.117. The van der Waals surface area contributed by atoms with Gasteiger partial charge in [-0.05, 0) is 64.0 Å². The second kappa shape index (κ2) is 8.49. The van der Waals surface area contributed by atoms with Crippen LogP contribution in [0.3, 0.4) is 0 Å². The molecule has 1 heterocycles. The van der Waals surface area contributed by atoms with E-state index in [4.69, 9.17) is 0 Å². The van der Waals surface area contributed by atoms with E-state index in [0.29, 0.717) is 0 Å². The SMILES string of the molecule is CNCCCCN1CCN(c2cccc(NC(=O)C3CC3)c2)CC1. The van der Waals surface area contributed by atoms with Crippen LogP contribution in [0.15, 0.2) is 24.3 Å². The monoisotopic (exact) mass is 330 g/mol. The summed E-state index contributed by atoms with van der Waals surface area (Å²) in [6.45, 7) is 6.68. The third kappa shape index (κ3) is 4.95. The Labute approximate surface area is 145 Å². The minimum absolute atomic E-state index is 0.179. The van der Waals surface area contributed by atoms with Gasteiger partial charge in [0.15, 0.2) is 0 Å². The standard InChI is InChI=1S/C19H30N4O/c1-20-9-2-3-10-22-11-13-23(14-12-22)18-6-4-5-17(15-18)21-19(24)16-7-8-16/h4-6,15-16,20H,2-3,7-14H2,1H3,(H,21,24). The van der Waals surface area contributed by atoms with Crippen LogP contribution in [0.5, 0.6) is 0 Å². The average Bonchev–Trinajstić information content (AvgIpc) is 3.45. The van der Waals surface area contributed by atoms with E-state index in [1.54, 1.807) is 0 Å². The van der Waals surface area contributed by atoms with Gasteiger partial charge in [0.1, 0.15) is 0 Å². The molecule has 2 N–H and O–H groups in total. The summed E-state index contributed by atoms with van der Waals surface area (Å²) in [5.41, 5.74) is 2.15. The lowest BCUT2D eigenvalue weighted by Gasteiger charge is -2.36. The summed E-state index contributed by atoms with van der Waals surface area (Å²) in [5.74, 6) is 0.429. The fourth-order valence-corrected chi connectivity index (χ4v) is 3.24. The van der Waals surface area contributed by atoms with Crippen molar-refractivity contribution in [2.75, 3.05) is 56.5 Å². The van der Waals surface area contributed by atoms with Crippen molar-refractivity contribution in [1.82, 2.24) is 10.2 Å². The molecule has 0 unspecified atom stereocenters. The molecule has 0 atom stereocenters. The van der Waals surface area contributed by atoms with Crippen LogP contribution in [-0.4, -0.2) is 57.1 Å². The molecule has 1 aliphatic carbocycles. The second-order valence-corrected chi connectivity index (χ2v) is 6.95. The molecular formula is C19H30N4O. The average molecular weight is 330 g/mol. The minimum atomic E-state index is 0.179. The molecule has 132 valence electrons. The number of unbranched alkanes of at least 4 members (excludes halogenated alkanes) is 1. The Morgan fingerprint density at radius 1 is 1.17 bits per heavy atom. The first-order valence-corrected chi connectivity index (χ1v) is 9.29. The highest BCUT2D eigenvalue weighted by Crippen LogP contribution is 2.30. The van der Waals surface area contributed by atoms with Gasteiger partial charge in [-0.3, -0.25) is 9.69 Å². The van der Waals surface area contributed by atoms with Crippen LogP contribution >= 0.6 is 0 Å². The quantitative estimate of drug-likeness (QED) is 0.717. The van der Waals surface area contributed by atoms with Crippen LogP contribution in [0, 0.1) is 5.92 Å². The fraction of sp³-hybridized carbons (Fsp3) is 0.632. The molecule has 1 saturated carbocycles. The number of nitrogens with one attached hydrogen (secondary N) is 2. The molecule has 5 nitrogen and oxygen atoms in total. The summed E-state index contributed by atoms with van der Waals surface area (Å²) in [5, 5.41) is 6.26. The maximum Gasteiger partial charge on any atom is 0.227 e. The van der Waals surface area contributed by atoms with Crippen molar-refractivity contribution in [3.8, 4) is 0 Å². The minimum Gasteiger partial charge on any atom is -0.369 e. The van der Waals surface area contributed by atoms with Crippen molar-refractivity contribution in [3.63, 3.8) is 0 Å². The highest BCUT2D eigenvalue weighted by molar-refractivity contribution is 5.94. The second-order valence-electron chi connectivity index (χ2n) is 6.95. The lowest BCUT2D eigenvalue weighted by Crippen LogP contribution is -2.46. The fourth-order valence-electron chi connectivity index (χ4n) is 3.24. The Hall–Kier alpha value is -1.59. The van der Waals surface area contributed by atoms with E-state index >= 15 is 0 Å². The van der Waals surface area contributed by atoms with E-state index in [9.17, 15) is 4.79 Å². The highest BCUT2D eigenvalue weighted by Gasteiger charge is 2.29. The van der Waals surface area contributed by atoms with Gasteiger partial charge in [-0.1, -0.05) is 6.07 Å². The number of piperazine rings is 1. The van der Waals surface area contributed by atoms with Crippen LogP contribution < -0.4 is 15.5 Å². The predicted molar refractivity (Wildman–Crippen MR) is 99.6 cm³/mol. The number of carbonyl (C=O) groups excluding carboxylic acids is 1. The Morgan fingerprint density at radius 2 is 1.96 bits per heavy atom. The Bertz CT molecular complexity index is 536. The molecule has 1 aromatic carbocycles. The van der Waals surface area contributed by atoms with Gasteiger partial charge < -0.3 is 15.5 Å². The predicted octanol–water partition coefficient (Wildman–Crippen LogP) is 2.16. The Balaban J connectivity index is 1.46. The molecule has 2 aliphatic rings. The van der Waals surface area contributed by atoms with E-state index in [2.05, 4.69) is 32.6 Å². The van der Waals surface area contributed by atoms with Crippen LogP contribution in [0.2, 0.25) is 0 Å². The number of hydrogen-bond acceptors (Lipinski definition) is 4. The summed E-state index contributed by atoms with van der Waals surface area (Å²) in [4.78, 5) is 16.9. The van der Waals surface area contributed by atoms with E-state index in [-0.39, 0.29) is 11.8 Å². The van der Waals surface area contributed by atoms with Crippen molar-refractivity contribution >= 4 is 17.3 Å². The smallest absolute Gasteiger partial charge is 0.227 e. The normalized spacial score (nSPS) is 18.6. The summed E-state index contributed by atoms with van der Waals surface area (Å²) in [7, 11) is 2.01. The number of rotatable bonds is 8. The number of anilines is 2. The summed E-state index contributed by atoms with van der Waals surface area (Å²) >= 11 is 0. The molecule has 0 aromatic heterocycles. The molecule has 1 aliphatic heterocycles. The number of hydrogen-bond donors (Lipinski definition) is 2. The molecule has 24 heavy (non-hydrogen) atoms. The summed E-state index contributed by atoms with van der Waals surface area (Å²) in [6, 6.07) is 8.29. The Kier molecular flexibility index (Phi) is 6.10. The van der Waals surface area contributed by atoms with Gasteiger partial charge in [-0.2, -0.15) is 0 Å². The maximum atomic E-state index is 11.9. The number of amides is 1. The van der Waals surface area contributed by atoms with Gasteiger partial charge in [-0.15, -0.1) is 0 Å². The molecule has 0 spiro atoms. The first kappa shape index (κ1) is 17.2. The van der Waals surface area contributed by atoms with E-state index in [1.165, 1.54) is 25.1 Å². The van der Waals surface area contributed by atoms with Crippen molar-refractivity contribution in [2.24, 2.45) is 5.92 Å². The third-order valence-electron chi connectivity index (χ3n) is 4.95. The molecule has 0 bridgehead atoms. The molecule has 5 heteroatoms. The first-order valence-electron chi connectivity index (χ1n) is 9.29. The number of carbonyl (C=O) groups is 1. The molecule has 1 saturated heterocycles. The number of nitrogens with zero attached hydrogens (tertiary/aromatic N) is 2. The van der Waals surface area contributed by atoms with Crippen LogP contribution in [-0.2, 0) is 4.79 Å². The van der Waals surface area contributed by atoms with Crippen LogP contribution in [0.25, 0.3) is 0 Å². The molecular weight excluding hydrogens is 300 g/mol. The zero-order chi connectivity index (χ0) is 16.8.